The molecule has 140 valence electrons. The van der Waals surface area contributed by atoms with E-state index in [1.165, 1.54) is 0 Å². The van der Waals surface area contributed by atoms with Crippen LogP contribution in [0.5, 0.6) is 0 Å². The second kappa shape index (κ2) is 6.80. The Balaban J connectivity index is 1.45. The number of nitrogens with zero attached hydrogens (tertiary/aromatic N) is 4. The van der Waals surface area contributed by atoms with E-state index in [1.807, 2.05) is 60.7 Å². The number of benzene rings is 2. The van der Waals surface area contributed by atoms with E-state index in [0.717, 1.165) is 11.1 Å². The first-order valence-corrected chi connectivity index (χ1v) is 8.91. The molecule has 2 aliphatic rings. The maximum atomic E-state index is 12.3. The molecule has 0 bridgehead atoms. The van der Waals surface area contributed by atoms with Gasteiger partial charge < -0.3 is 14.7 Å². The van der Waals surface area contributed by atoms with Gasteiger partial charge in [-0.15, -0.1) is 0 Å². The van der Waals surface area contributed by atoms with Gasteiger partial charge in [0.1, 0.15) is 13.2 Å². The summed E-state index contributed by atoms with van der Waals surface area (Å²) in [6.45, 7) is 0.524. The number of hydrogen-bond acceptors (Lipinski definition) is 7. The molecule has 8 nitrogen and oxygen atoms in total. The molecule has 0 saturated carbocycles. The van der Waals surface area contributed by atoms with Crippen molar-refractivity contribution in [1.82, 2.24) is 5.16 Å². The maximum Gasteiger partial charge on any atom is 0.251 e. The topological polar surface area (TPSA) is 96.2 Å². The average Bonchev–Trinajstić information content (AvgIpc) is 3.48. The average molecular weight is 376 g/mol. The van der Waals surface area contributed by atoms with Crippen molar-refractivity contribution in [1.29, 1.82) is 0 Å². The summed E-state index contributed by atoms with van der Waals surface area (Å²) in [5.41, 5.74) is 2.46. The lowest BCUT2D eigenvalue weighted by Gasteiger charge is -2.03. The predicted molar refractivity (Wildman–Crippen MR) is 98.8 cm³/mol. The summed E-state index contributed by atoms with van der Waals surface area (Å²) in [5, 5.41) is 16.2. The van der Waals surface area contributed by atoms with Crippen LogP contribution in [0.3, 0.4) is 0 Å². The van der Waals surface area contributed by atoms with E-state index in [2.05, 4.69) is 15.1 Å². The quantitative estimate of drug-likeness (QED) is 0.651. The molecule has 3 heterocycles. The van der Waals surface area contributed by atoms with Gasteiger partial charge in [0, 0.05) is 16.3 Å². The van der Waals surface area contributed by atoms with Gasteiger partial charge in [0.25, 0.3) is 5.69 Å². The van der Waals surface area contributed by atoms with Crippen LogP contribution in [0.4, 0.5) is 0 Å². The molecule has 2 aliphatic heterocycles. The Bertz CT molecular complexity index is 1050. The number of hydrogen-bond donors (Lipinski definition) is 0. The molecule has 0 unspecified atom stereocenters. The zero-order valence-electron chi connectivity index (χ0n) is 14.8. The molecule has 8 heteroatoms. The first-order valence-electron chi connectivity index (χ1n) is 8.91. The molecule has 0 fully saturated rings. The minimum Gasteiger partial charge on any atom is -0.475 e. The van der Waals surface area contributed by atoms with Crippen LogP contribution in [0.25, 0.3) is 0 Å². The first-order chi connectivity index (χ1) is 13.8. The molecule has 1 aromatic heterocycles. The van der Waals surface area contributed by atoms with Crippen molar-refractivity contribution in [2.75, 3.05) is 13.2 Å². The summed E-state index contributed by atoms with van der Waals surface area (Å²) >= 11 is 0. The van der Waals surface area contributed by atoms with E-state index in [1.54, 1.807) is 0 Å². The third kappa shape index (κ3) is 2.88. The molecule has 0 saturated heterocycles. The number of aliphatic imine (C=N–C) groups is 2. The normalized spacial score (nSPS) is 21.0. The van der Waals surface area contributed by atoms with Crippen LogP contribution >= 0.6 is 0 Å². The second-order valence-corrected chi connectivity index (χ2v) is 6.45. The van der Waals surface area contributed by atoms with Crippen LogP contribution in [0, 0.1) is 5.21 Å². The molecular formula is C20H16N4O4. The van der Waals surface area contributed by atoms with Crippen molar-refractivity contribution >= 4 is 11.8 Å². The monoisotopic (exact) mass is 376 g/mol. The highest BCUT2D eigenvalue weighted by atomic mass is 16.8. The minimum atomic E-state index is -0.509. The summed E-state index contributed by atoms with van der Waals surface area (Å²) in [6, 6.07) is 18.2. The summed E-state index contributed by atoms with van der Waals surface area (Å²) < 4.78 is 16.3. The van der Waals surface area contributed by atoms with Crippen molar-refractivity contribution in [3.63, 3.8) is 0 Å². The Morgan fingerprint density at radius 2 is 1.32 bits per heavy atom. The number of aromatic nitrogens is 2. The molecule has 0 aliphatic carbocycles. The van der Waals surface area contributed by atoms with E-state index >= 15 is 0 Å². The third-order valence-corrected chi connectivity index (χ3v) is 4.65. The van der Waals surface area contributed by atoms with Crippen molar-refractivity contribution in [3.8, 4) is 0 Å². The van der Waals surface area contributed by atoms with E-state index in [9.17, 15) is 5.21 Å². The van der Waals surface area contributed by atoms with Crippen molar-refractivity contribution in [3.05, 3.63) is 88.4 Å². The van der Waals surface area contributed by atoms with Crippen LogP contribution in [0.1, 0.15) is 34.6 Å². The van der Waals surface area contributed by atoms with Gasteiger partial charge in [-0.1, -0.05) is 36.4 Å². The molecule has 5 rings (SSSR count). The van der Waals surface area contributed by atoms with E-state index < -0.39 is 12.1 Å². The smallest absolute Gasteiger partial charge is 0.251 e. The summed E-state index contributed by atoms with van der Waals surface area (Å²) in [7, 11) is 0. The zero-order chi connectivity index (χ0) is 18.9. The lowest BCUT2D eigenvalue weighted by molar-refractivity contribution is -0.808. The maximum absolute atomic E-state index is 12.3. The largest absolute Gasteiger partial charge is 0.475 e. The van der Waals surface area contributed by atoms with Crippen LogP contribution in [-0.4, -0.2) is 30.2 Å². The van der Waals surface area contributed by atoms with Crippen LogP contribution in [0.15, 0.2) is 75.3 Å². The van der Waals surface area contributed by atoms with Gasteiger partial charge in [-0.3, -0.25) is 4.63 Å². The SMILES string of the molecule is [O-][n+]1onc([C@H]2COC(c3ccccc3)=N2)c1[C@@H]1COC(c2ccccc2)=N1. The van der Waals surface area contributed by atoms with Crippen molar-refractivity contribution < 1.29 is 19.0 Å². The summed E-state index contributed by atoms with van der Waals surface area (Å²) in [6.07, 6.45) is 0. The Morgan fingerprint density at radius 1 is 0.786 bits per heavy atom. The van der Waals surface area contributed by atoms with Crippen LogP contribution in [0.2, 0.25) is 0 Å². The van der Waals surface area contributed by atoms with E-state index in [-0.39, 0.29) is 13.2 Å². The van der Waals surface area contributed by atoms with Crippen molar-refractivity contribution in [2.24, 2.45) is 9.98 Å². The zero-order valence-corrected chi connectivity index (χ0v) is 14.8. The van der Waals surface area contributed by atoms with Crippen LogP contribution in [-0.2, 0) is 9.47 Å². The van der Waals surface area contributed by atoms with Gasteiger partial charge in [-0.2, -0.15) is 0 Å². The van der Waals surface area contributed by atoms with Gasteiger partial charge in [0.2, 0.25) is 17.5 Å². The molecule has 0 radical (unpaired) electrons. The molecule has 0 spiro atoms. The molecule has 28 heavy (non-hydrogen) atoms. The lowest BCUT2D eigenvalue weighted by Crippen LogP contribution is -2.31. The number of ether oxygens (including phenoxy) is 2. The van der Waals surface area contributed by atoms with Gasteiger partial charge in [-0.25, -0.2) is 9.98 Å². The third-order valence-electron chi connectivity index (χ3n) is 4.65. The fraction of sp³-hybridized carbons (Fsp3) is 0.200. The lowest BCUT2D eigenvalue weighted by atomic mass is 10.1. The molecular weight excluding hydrogens is 360 g/mol. The molecule has 3 aromatic rings. The Kier molecular flexibility index (Phi) is 4.01. The van der Waals surface area contributed by atoms with Gasteiger partial charge in [-0.05, 0) is 29.2 Å². The highest BCUT2D eigenvalue weighted by Gasteiger charge is 2.39. The molecule has 2 atom stereocenters. The molecule has 0 amide bonds. The summed E-state index contributed by atoms with van der Waals surface area (Å²) in [5.74, 6) is 1.02. The van der Waals surface area contributed by atoms with Gasteiger partial charge in [0.15, 0.2) is 12.1 Å². The highest BCUT2D eigenvalue weighted by molar-refractivity contribution is 5.95. The van der Waals surface area contributed by atoms with E-state index in [0.29, 0.717) is 28.1 Å². The minimum absolute atomic E-state index is 0.240. The highest BCUT2D eigenvalue weighted by Crippen LogP contribution is 2.31. The Labute approximate surface area is 160 Å². The predicted octanol–water partition coefficient (Wildman–Crippen LogP) is 2.34. The van der Waals surface area contributed by atoms with Crippen molar-refractivity contribution in [2.45, 2.75) is 12.1 Å². The van der Waals surface area contributed by atoms with E-state index in [4.69, 9.17) is 14.1 Å². The number of rotatable bonds is 4. The second-order valence-electron chi connectivity index (χ2n) is 6.45. The standard InChI is InChI=1S/C20H16N4O4/c25-24-18(16-12-27-20(22-16)14-9-5-2-6-10-14)17(23-28-24)15-11-26-19(21-15)13-7-3-1-4-8-13/h1-10,15-16H,11-12H2/t15-,16+/m1/s1. The summed E-state index contributed by atoms with van der Waals surface area (Å²) in [4.78, 5) is 9.52. The van der Waals surface area contributed by atoms with Gasteiger partial charge >= 0.3 is 0 Å². The Morgan fingerprint density at radius 3 is 1.93 bits per heavy atom. The molecule has 2 aromatic carbocycles. The fourth-order valence-electron chi connectivity index (χ4n) is 3.29. The van der Waals surface area contributed by atoms with Crippen LogP contribution < -0.4 is 4.90 Å². The fourth-order valence-corrected chi connectivity index (χ4v) is 3.29. The van der Waals surface area contributed by atoms with Gasteiger partial charge in [0.05, 0.1) is 0 Å². The Hall–Kier alpha value is -3.68. The molecule has 0 N–H and O–H groups in total. The first kappa shape index (κ1) is 16.5.